The number of benzene rings is 2. The van der Waals surface area contributed by atoms with Gasteiger partial charge in [0.15, 0.2) is 0 Å². The molecule has 0 spiro atoms. The van der Waals surface area contributed by atoms with E-state index in [2.05, 4.69) is 9.71 Å². The minimum absolute atomic E-state index is 0.00648. The van der Waals surface area contributed by atoms with Crippen LogP contribution in [0, 0.1) is 5.82 Å². The van der Waals surface area contributed by atoms with Gasteiger partial charge in [0.2, 0.25) is 0 Å². The molecule has 0 aliphatic heterocycles. The Bertz CT molecular complexity index is 1180. The van der Waals surface area contributed by atoms with E-state index in [-0.39, 0.29) is 26.9 Å². The summed E-state index contributed by atoms with van der Waals surface area (Å²) in [5.74, 6) is -2.47. The Morgan fingerprint density at radius 1 is 1.14 bits per heavy atom. The van der Waals surface area contributed by atoms with Gasteiger partial charge in [0.05, 0.1) is 5.69 Å². The molecule has 0 unspecified atom stereocenters. The Balaban J connectivity index is 1.97. The molecule has 10 heteroatoms. The Morgan fingerprint density at radius 2 is 1.89 bits per heavy atom. The van der Waals surface area contributed by atoms with Gasteiger partial charge in [-0.3, -0.25) is 4.72 Å². The molecule has 3 rings (SSSR count). The molecule has 0 bridgehead atoms. The number of pyridine rings is 1. The number of carbonyl (C=O) groups is 1. The summed E-state index contributed by atoms with van der Waals surface area (Å²) in [6.07, 6.45) is 1.03. The zero-order valence-electron chi connectivity index (χ0n) is 13.9. The monoisotopic (exact) mass is 422 g/mol. The van der Waals surface area contributed by atoms with E-state index in [9.17, 15) is 22.7 Å². The van der Waals surface area contributed by atoms with E-state index in [4.69, 9.17) is 16.7 Å². The number of rotatable bonds is 5. The molecule has 144 valence electrons. The van der Waals surface area contributed by atoms with Gasteiger partial charge < -0.3 is 10.2 Å². The first-order valence-electron chi connectivity index (χ1n) is 7.68. The molecule has 1 aromatic heterocycles. The lowest BCUT2D eigenvalue weighted by Gasteiger charge is -2.11. The molecule has 0 radical (unpaired) electrons. The summed E-state index contributed by atoms with van der Waals surface area (Å²) in [5, 5.41) is 18.6. The molecule has 0 fully saturated rings. The summed E-state index contributed by atoms with van der Waals surface area (Å²) in [6, 6.07) is 9.89. The molecule has 0 aliphatic rings. The molecule has 0 aliphatic carbocycles. The number of sulfonamides is 1. The van der Waals surface area contributed by atoms with Crippen molar-refractivity contribution in [3.05, 3.63) is 71.3 Å². The molecule has 0 amide bonds. The van der Waals surface area contributed by atoms with Crippen molar-refractivity contribution in [1.29, 1.82) is 0 Å². The van der Waals surface area contributed by atoms with Crippen molar-refractivity contribution < 1.29 is 27.8 Å². The third-order valence-electron chi connectivity index (χ3n) is 3.74. The van der Waals surface area contributed by atoms with E-state index in [0.717, 1.165) is 18.3 Å². The Hall–Kier alpha value is -3.17. The molecule has 0 saturated carbocycles. The van der Waals surface area contributed by atoms with Gasteiger partial charge in [0, 0.05) is 17.8 Å². The largest absolute Gasteiger partial charge is 0.507 e. The number of nitrogens with one attached hydrogen (secondary N) is 1. The molecule has 3 aromatic rings. The van der Waals surface area contributed by atoms with Gasteiger partial charge in [-0.1, -0.05) is 23.7 Å². The Morgan fingerprint density at radius 3 is 2.54 bits per heavy atom. The van der Waals surface area contributed by atoms with Gasteiger partial charge in [-0.15, -0.1) is 0 Å². The second-order valence-electron chi connectivity index (χ2n) is 5.66. The number of aromatic hydroxyl groups is 1. The maximum Gasteiger partial charge on any atom is 0.339 e. The fourth-order valence-corrected chi connectivity index (χ4v) is 3.66. The first-order chi connectivity index (χ1) is 13.2. The minimum Gasteiger partial charge on any atom is -0.507 e. The molecule has 2 aromatic carbocycles. The number of nitrogens with zero attached hydrogens (tertiary/aromatic N) is 1. The zero-order valence-corrected chi connectivity index (χ0v) is 15.5. The van der Waals surface area contributed by atoms with Crippen LogP contribution in [-0.2, 0) is 10.0 Å². The predicted octanol–water partition coefficient (Wildman–Crippen LogP) is 3.75. The number of aromatic carboxylic acids is 1. The van der Waals surface area contributed by atoms with Crippen LogP contribution in [0.15, 0.2) is 59.6 Å². The second-order valence-corrected chi connectivity index (χ2v) is 7.70. The number of anilines is 1. The highest BCUT2D eigenvalue weighted by atomic mass is 35.5. The summed E-state index contributed by atoms with van der Waals surface area (Å²) in [6.45, 7) is 0. The van der Waals surface area contributed by atoms with E-state index < -0.39 is 27.6 Å². The summed E-state index contributed by atoms with van der Waals surface area (Å²) in [7, 11) is -4.14. The summed E-state index contributed by atoms with van der Waals surface area (Å²) in [4.78, 5) is 14.5. The average Bonchev–Trinajstić information content (AvgIpc) is 2.61. The highest BCUT2D eigenvalue weighted by Gasteiger charge is 2.19. The molecule has 0 saturated heterocycles. The van der Waals surface area contributed by atoms with Crippen LogP contribution in [0.25, 0.3) is 11.1 Å². The molecular weight excluding hydrogens is 411 g/mol. The number of hydrogen-bond donors (Lipinski definition) is 3. The van der Waals surface area contributed by atoms with Crippen molar-refractivity contribution in [3.8, 4) is 16.9 Å². The van der Waals surface area contributed by atoms with Crippen molar-refractivity contribution in [2.45, 2.75) is 4.90 Å². The Kier molecular flexibility index (Phi) is 5.21. The van der Waals surface area contributed by atoms with Crippen LogP contribution in [0.3, 0.4) is 0 Å². The second kappa shape index (κ2) is 7.45. The lowest BCUT2D eigenvalue weighted by molar-refractivity contribution is 0.0694. The third-order valence-corrected chi connectivity index (χ3v) is 5.39. The molecule has 3 N–H and O–H groups in total. The number of carboxylic acid groups (broad SMARTS) is 1. The average molecular weight is 423 g/mol. The number of hydrogen-bond acceptors (Lipinski definition) is 5. The molecule has 1 heterocycles. The maximum atomic E-state index is 13.5. The van der Waals surface area contributed by atoms with Crippen LogP contribution in [0.4, 0.5) is 10.1 Å². The van der Waals surface area contributed by atoms with Crippen LogP contribution in [0.1, 0.15) is 10.4 Å². The van der Waals surface area contributed by atoms with E-state index >= 15 is 0 Å². The van der Waals surface area contributed by atoms with E-state index in [1.807, 2.05) is 0 Å². The van der Waals surface area contributed by atoms with Crippen molar-refractivity contribution in [3.63, 3.8) is 0 Å². The molecule has 7 nitrogen and oxygen atoms in total. The number of carboxylic acids is 1. The van der Waals surface area contributed by atoms with E-state index in [0.29, 0.717) is 5.56 Å². The highest BCUT2D eigenvalue weighted by molar-refractivity contribution is 7.92. The van der Waals surface area contributed by atoms with Crippen molar-refractivity contribution in [2.24, 2.45) is 0 Å². The minimum atomic E-state index is -4.14. The molecular formula is C18H12ClFN2O5S. The van der Waals surface area contributed by atoms with Crippen molar-refractivity contribution in [2.75, 3.05) is 4.72 Å². The van der Waals surface area contributed by atoms with Gasteiger partial charge in [0.25, 0.3) is 10.0 Å². The maximum absolute atomic E-state index is 13.5. The predicted molar refractivity (Wildman–Crippen MR) is 101 cm³/mol. The smallest absolute Gasteiger partial charge is 0.339 e. The van der Waals surface area contributed by atoms with Crippen molar-refractivity contribution >= 4 is 33.3 Å². The van der Waals surface area contributed by atoms with E-state index in [1.165, 1.54) is 30.3 Å². The number of phenols is 1. The topological polar surface area (TPSA) is 117 Å². The van der Waals surface area contributed by atoms with Crippen LogP contribution in [-0.4, -0.2) is 29.6 Å². The normalized spacial score (nSPS) is 11.2. The quantitative estimate of drug-likeness (QED) is 0.539. The van der Waals surface area contributed by atoms with Crippen LogP contribution >= 0.6 is 11.6 Å². The first kappa shape index (κ1) is 19.6. The third kappa shape index (κ3) is 4.05. The lowest BCUT2D eigenvalue weighted by atomic mass is 10.1. The van der Waals surface area contributed by atoms with Gasteiger partial charge in [-0.25, -0.2) is 22.6 Å². The first-order valence-corrected chi connectivity index (χ1v) is 9.54. The van der Waals surface area contributed by atoms with Gasteiger partial charge in [-0.05, 0) is 35.9 Å². The molecule has 28 heavy (non-hydrogen) atoms. The van der Waals surface area contributed by atoms with Gasteiger partial charge >= 0.3 is 5.97 Å². The lowest BCUT2D eigenvalue weighted by Crippen LogP contribution is -2.13. The van der Waals surface area contributed by atoms with Crippen molar-refractivity contribution in [1.82, 2.24) is 4.98 Å². The Labute approximate surface area is 164 Å². The summed E-state index contributed by atoms with van der Waals surface area (Å²) < 4.78 is 40.9. The van der Waals surface area contributed by atoms with Crippen LogP contribution < -0.4 is 4.72 Å². The van der Waals surface area contributed by atoms with E-state index in [1.54, 1.807) is 6.07 Å². The highest BCUT2D eigenvalue weighted by Crippen LogP contribution is 2.30. The number of halogens is 2. The fourth-order valence-electron chi connectivity index (χ4n) is 2.42. The number of aromatic nitrogens is 1. The standard InChI is InChI=1S/C18H12ClFN2O5S/c19-17-15(10-2-1-3-11(20)6-10)8-13(9-21-17)28(26,27)22-12-4-5-14(18(24)25)16(23)7-12/h1-9,22-23H,(H,24,25). The fraction of sp³-hybridized carbons (Fsp3) is 0. The molecule has 0 atom stereocenters. The van der Waals surface area contributed by atoms with Crippen LogP contribution in [0.5, 0.6) is 5.75 Å². The van der Waals surface area contributed by atoms with Crippen LogP contribution in [0.2, 0.25) is 5.15 Å². The summed E-state index contributed by atoms with van der Waals surface area (Å²) in [5.41, 5.74) is 0.139. The van der Waals surface area contributed by atoms with Gasteiger partial charge in [-0.2, -0.15) is 0 Å². The summed E-state index contributed by atoms with van der Waals surface area (Å²) >= 11 is 6.02. The van der Waals surface area contributed by atoms with Gasteiger partial charge in [0.1, 0.15) is 27.2 Å². The SMILES string of the molecule is O=C(O)c1ccc(NS(=O)(=O)c2cnc(Cl)c(-c3cccc(F)c3)c2)cc1O. The zero-order chi connectivity index (χ0) is 20.5.